The number of para-hydroxylation sites is 2. The Morgan fingerprint density at radius 1 is 1.14 bits per heavy atom. The van der Waals surface area contributed by atoms with E-state index < -0.39 is 5.97 Å². The van der Waals surface area contributed by atoms with Gasteiger partial charge in [-0.15, -0.1) is 0 Å². The summed E-state index contributed by atoms with van der Waals surface area (Å²) >= 11 is 0. The van der Waals surface area contributed by atoms with Crippen molar-refractivity contribution in [1.29, 1.82) is 0 Å². The number of carbonyl (C=O) groups excluding carboxylic acids is 1. The van der Waals surface area contributed by atoms with Crippen LogP contribution in [0, 0.1) is 0 Å². The second-order valence-corrected chi connectivity index (χ2v) is 4.32. The lowest BCUT2D eigenvalue weighted by atomic mass is 10.1. The van der Waals surface area contributed by atoms with E-state index in [2.05, 4.69) is 5.32 Å². The molecule has 0 spiro atoms. The molecule has 0 fully saturated rings. The molecule has 2 N–H and O–H groups in total. The summed E-state index contributed by atoms with van der Waals surface area (Å²) in [5.41, 5.74) is 1.92. The van der Waals surface area contributed by atoms with Crippen LogP contribution in [0.1, 0.15) is 12.5 Å². The average Bonchev–Trinajstić information content (AvgIpc) is 2.50. The predicted octanol–water partition coefficient (Wildman–Crippen LogP) is 3.41. The van der Waals surface area contributed by atoms with E-state index in [1.165, 1.54) is 6.08 Å². The minimum atomic E-state index is -0.431. The molecule has 0 aromatic heterocycles. The molecule has 0 amide bonds. The molecule has 2 aromatic carbocycles. The Balaban J connectivity index is 2.33. The Labute approximate surface area is 123 Å². The molecule has 0 heterocycles. The van der Waals surface area contributed by atoms with Crippen LogP contribution in [0.15, 0.2) is 60.7 Å². The van der Waals surface area contributed by atoms with Gasteiger partial charge in [0.05, 0.1) is 18.0 Å². The number of hydrogen-bond acceptors (Lipinski definition) is 4. The van der Waals surface area contributed by atoms with Gasteiger partial charge in [0.2, 0.25) is 0 Å². The maximum absolute atomic E-state index is 11.7. The quantitative estimate of drug-likeness (QED) is 0.501. The van der Waals surface area contributed by atoms with Crippen molar-refractivity contribution in [3.8, 4) is 5.75 Å². The molecule has 0 unspecified atom stereocenters. The summed E-state index contributed by atoms with van der Waals surface area (Å²) in [5.74, 6) is -0.317. The lowest BCUT2D eigenvalue weighted by molar-refractivity contribution is -0.137. The summed E-state index contributed by atoms with van der Waals surface area (Å²) in [6.07, 6.45) is 1.38. The van der Waals surface area contributed by atoms with E-state index in [1.807, 2.05) is 30.3 Å². The van der Waals surface area contributed by atoms with Crippen LogP contribution in [0.2, 0.25) is 0 Å². The third kappa shape index (κ3) is 4.11. The van der Waals surface area contributed by atoms with Gasteiger partial charge in [-0.25, -0.2) is 4.79 Å². The lowest BCUT2D eigenvalue weighted by Crippen LogP contribution is -2.06. The third-order valence-electron chi connectivity index (χ3n) is 2.81. The van der Waals surface area contributed by atoms with Crippen molar-refractivity contribution in [3.63, 3.8) is 0 Å². The van der Waals surface area contributed by atoms with E-state index in [-0.39, 0.29) is 5.75 Å². The van der Waals surface area contributed by atoms with Crippen LogP contribution in [0.3, 0.4) is 0 Å². The van der Waals surface area contributed by atoms with Crippen molar-refractivity contribution in [3.05, 3.63) is 66.2 Å². The summed E-state index contributed by atoms with van der Waals surface area (Å²) in [4.78, 5) is 11.7. The van der Waals surface area contributed by atoms with Crippen LogP contribution >= 0.6 is 0 Å². The van der Waals surface area contributed by atoms with Crippen molar-refractivity contribution in [1.82, 2.24) is 0 Å². The van der Waals surface area contributed by atoms with Crippen LogP contribution in [-0.4, -0.2) is 17.7 Å². The van der Waals surface area contributed by atoms with Crippen LogP contribution in [0.5, 0.6) is 5.75 Å². The Bertz CT molecular complexity index is 635. The number of nitrogens with one attached hydrogen (secondary N) is 1. The van der Waals surface area contributed by atoms with Crippen molar-refractivity contribution >= 4 is 17.4 Å². The summed E-state index contributed by atoms with van der Waals surface area (Å²) in [6.45, 7) is 2.07. The van der Waals surface area contributed by atoms with E-state index in [0.29, 0.717) is 18.0 Å². The van der Waals surface area contributed by atoms with E-state index in [4.69, 9.17) is 4.74 Å². The van der Waals surface area contributed by atoms with Crippen LogP contribution in [0.4, 0.5) is 5.69 Å². The fourth-order valence-corrected chi connectivity index (χ4v) is 1.84. The zero-order valence-corrected chi connectivity index (χ0v) is 11.7. The fourth-order valence-electron chi connectivity index (χ4n) is 1.84. The van der Waals surface area contributed by atoms with Gasteiger partial charge in [-0.1, -0.05) is 42.5 Å². The monoisotopic (exact) mass is 283 g/mol. The summed E-state index contributed by atoms with van der Waals surface area (Å²) < 4.78 is 4.94. The van der Waals surface area contributed by atoms with Crippen LogP contribution < -0.4 is 5.32 Å². The van der Waals surface area contributed by atoms with Gasteiger partial charge in [0.15, 0.2) is 0 Å². The molecule has 108 valence electrons. The molecule has 21 heavy (non-hydrogen) atoms. The van der Waals surface area contributed by atoms with Gasteiger partial charge in [-0.3, -0.25) is 0 Å². The molecule has 0 aliphatic rings. The number of carbonyl (C=O) groups is 1. The highest BCUT2D eigenvalue weighted by Crippen LogP contribution is 2.26. The Hall–Kier alpha value is -2.75. The number of ether oxygens (including phenoxy) is 1. The van der Waals surface area contributed by atoms with Gasteiger partial charge in [-0.2, -0.15) is 0 Å². The van der Waals surface area contributed by atoms with Gasteiger partial charge < -0.3 is 15.2 Å². The smallest absolute Gasteiger partial charge is 0.332 e. The molecule has 4 nitrogen and oxygen atoms in total. The molecule has 2 aromatic rings. The number of anilines is 1. The van der Waals surface area contributed by atoms with E-state index in [1.54, 1.807) is 31.2 Å². The Kier molecular flexibility index (Phi) is 4.99. The van der Waals surface area contributed by atoms with Crippen molar-refractivity contribution in [2.24, 2.45) is 0 Å². The SMILES string of the molecule is CCOC(=O)/C=C(/Nc1ccccc1O)c1ccccc1. The van der Waals surface area contributed by atoms with E-state index >= 15 is 0 Å². The van der Waals surface area contributed by atoms with Crippen molar-refractivity contribution in [2.75, 3.05) is 11.9 Å². The molecular formula is C17H17NO3. The molecule has 0 atom stereocenters. The first kappa shape index (κ1) is 14.7. The number of rotatable bonds is 5. The minimum absolute atomic E-state index is 0.114. The summed E-state index contributed by atoms with van der Waals surface area (Å²) in [7, 11) is 0. The predicted molar refractivity (Wildman–Crippen MR) is 82.8 cm³/mol. The Morgan fingerprint density at radius 3 is 2.48 bits per heavy atom. The van der Waals surface area contributed by atoms with E-state index in [0.717, 1.165) is 5.56 Å². The van der Waals surface area contributed by atoms with Crippen molar-refractivity contribution in [2.45, 2.75) is 6.92 Å². The molecule has 0 aliphatic carbocycles. The zero-order valence-electron chi connectivity index (χ0n) is 11.7. The lowest BCUT2D eigenvalue weighted by Gasteiger charge is -2.12. The van der Waals surface area contributed by atoms with Gasteiger partial charge in [0, 0.05) is 6.08 Å². The number of phenols is 1. The highest BCUT2D eigenvalue weighted by Gasteiger charge is 2.08. The molecule has 0 radical (unpaired) electrons. The first-order chi connectivity index (χ1) is 10.2. The largest absolute Gasteiger partial charge is 0.506 e. The van der Waals surface area contributed by atoms with Crippen LogP contribution in [0.25, 0.3) is 5.70 Å². The maximum Gasteiger partial charge on any atom is 0.332 e. The number of benzene rings is 2. The molecular weight excluding hydrogens is 266 g/mol. The molecule has 0 saturated heterocycles. The molecule has 2 rings (SSSR count). The number of aromatic hydroxyl groups is 1. The van der Waals surface area contributed by atoms with Crippen molar-refractivity contribution < 1.29 is 14.6 Å². The van der Waals surface area contributed by atoms with Crippen LogP contribution in [-0.2, 0) is 9.53 Å². The number of esters is 1. The van der Waals surface area contributed by atoms with E-state index in [9.17, 15) is 9.90 Å². The highest BCUT2D eigenvalue weighted by atomic mass is 16.5. The van der Waals surface area contributed by atoms with Gasteiger partial charge in [0.1, 0.15) is 5.75 Å². The minimum Gasteiger partial charge on any atom is -0.506 e. The summed E-state index contributed by atoms with van der Waals surface area (Å²) in [6, 6.07) is 16.2. The number of phenolic OH excluding ortho intramolecular Hbond substituents is 1. The van der Waals surface area contributed by atoms with Gasteiger partial charge in [0.25, 0.3) is 0 Å². The normalized spacial score (nSPS) is 11.0. The zero-order chi connectivity index (χ0) is 15.1. The molecule has 0 aliphatic heterocycles. The fraction of sp³-hybridized carbons (Fsp3) is 0.118. The maximum atomic E-state index is 11.7. The highest BCUT2D eigenvalue weighted by molar-refractivity contribution is 5.94. The third-order valence-corrected chi connectivity index (χ3v) is 2.81. The molecule has 0 saturated carbocycles. The second-order valence-electron chi connectivity index (χ2n) is 4.32. The summed E-state index contributed by atoms with van der Waals surface area (Å²) in [5, 5.41) is 12.9. The average molecular weight is 283 g/mol. The topological polar surface area (TPSA) is 58.6 Å². The standard InChI is InChI=1S/C17H17NO3/c1-2-21-17(20)12-15(13-8-4-3-5-9-13)18-14-10-6-7-11-16(14)19/h3-12,18-19H,2H2,1H3/b15-12+. The van der Waals surface area contributed by atoms with Gasteiger partial charge in [-0.05, 0) is 24.6 Å². The Morgan fingerprint density at radius 2 is 1.81 bits per heavy atom. The number of hydrogen-bond donors (Lipinski definition) is 2. The van der Waals surface area contributed by atoms with Gasteiger partial charge >= 0.3 is 5.97 Å². The first-order valence-electron chi connectivity index (χ1n) is 6.69. The first-order valence-corrected chi connectivity index (χ1v) is 6.69. The second kappa shape index (κ2) is 7.14. The molecule has 4 heteroatoms. The molecule has 0 bridgehead atoms.